The maximum Gasteiger partial charge on any atom is 0.290 e. The summed E-state index contributed by atoms with van der Waals surface area (Å²) in [5.74, 6) is -0.511. The summed E-state index contributed by atoms with van der Waals surface area (Å²) in [5, 5.41) is 4.00. The third kappa shape index (κ3) is 3.87. The number of halogens is 1. The molecule has 0 atom stereocenters. The molecule has 1 heterocycles. The molecule has 0 saturated heterocycles. The summed E-state index contributed by atoms with van der Waals surface area (Å²) < 4.78 is 61.8. The maximum atomic E-state index is 13.1. The number of sulfone groups is 2. The maximum absolute atomic E-state index is 13.1. The molecule has 0 bridgehead atoms. The Labute approximate surface area is 160 Å². The van der Waals surface area contributed by atoms with Crippen LogP contribution >= 0.6 is 0 Å². The first kappa shape index (κ1) is 19.9. The summed E-state index contributed by atoms with van der Waals surface area (Å²) in [5.41, 5.74) is -0.316. The Balaban J connectivity index is 2.24. The molecule has 0 aliphatic heterocycles. The van der Waals surface area contributed by atoms with Crippen molar-refractivity contribution in [3.8, 4) is 16.8 Å². The molecule has 28 heavy (non-hydrogen) atoms. The second kappa shape index (κ2) is 6.95. The summed E-state index contributed by atoms with van der Waals surface area (Å²) in [7, 11) is -7.38. The molecule has 3 aromatic rings. The smallest absolute Gasteiger partial charge is 0.266 e. The van der Waals surface area contributed by atoms with Gasteiger partial charge >= 0.3 is 0 Å². The van der Waals surface area contributed by atoms with Crippen molar-refractivity contribution in [1.29, 1.82) is 0 Å². The van der Waals surface area contributed by atoms with Crippen LogP contribution in [0, 0.1) is 5.82 Å². The van der Waals surface area contributed by atoms with Crippen molar-refractivity contribution in [3.05, 3.63) is 70.9 Å². The quantitative estimate of drug-likeness (QED) is 0.636. The molecular formula is C18H15FN2O5S2. The molecule has 1 aromatic heterocycles. The number of aromatic nitrogens is 2. The Kier molecular flexibility index (Phi) is 4.94. The Morgan fingerprint density at radius 3 is 1.93 bits per heavy atom. The highest BCUT2D eigenvalue weighted by molar-refractivity contribution is 7.91. The van der Waals surface area contributed by atoms with E-state index in [0.29, 0.717) is 5.56 Å². The zero-order chi connectivity index (χ0) is 20.7. The highest BCUT2D eigenvalue weighted by atomic mass is 32.2. The standard InChI is InChI=1S/C18H15FN2O5S2/c1-27(23,24)15-9-3-12(4-10-15)16-11-20-21(14-7-5-13(19)6-8-14)18(22)17(16)28(2,25)26/h3-11H,1-2H3. The summed E-state index contributed by atoms with van der Waals surface area (Å²) in [6.45, 7) is 0. The highest BCUT2D eigenvalue weighted by Crippen LogP contribution is 2.26. The lowest BCUT2D eigenvalue weighted by Gasteiger charge is -2.11. The van der Waals surface area contributed by atoms with Crippen LogP contribution in [0.1, 0.15) is 0 Å². The third-order valence-electron chi connectivity index (χ3n) is 3.97. The predicted molar refractivity (Wildman–Crippen MR) is 101 cm³/mol. The molecule has 0 radical (unpaired) electrons. The fraction of sp³-hybridized carbons (Fsp3) is 0.111. The summed E-state index contributed by atoms with van der Waals surface area (Å²) in [6, 6.07) is 10.3. The Hall–Kier alpha value is -2.85. The van der Waals surface area contributed by atoms with Crippen LogP contribution in [0.4, 0.5) is 4.39 Å². The van der Waals surface area contributed by atoms with Crippen LogP contribution in [0.15, 0.2) is 69.3 Å². The van der Waals surface area contributed by atoms with Gasteiger partial charge in [0.25, 0.3) is 5.56 Å². The number of rotatable bonds is 4. The molecule has 146 valence electrons. The van der Waals surface area contributed by atoms with Crippen molar-refractivity contribution >= 4 is 19.7 Å². The molecular weight excluding hydrogens is 407 g/mol. The number of hydrogen-bond donors (Lipinski definition) is 0. The molecule has 0 spiro atoms. The highest BCUT2D eigenvalue weighted by Gasteiger charge is 2.23. The van der Waals surface area contributed by atoms with Crippen molar-refractivity contribution in [2.75, 3.05) is 12.5 Å². The van der Waals surface area contributed by atoms with E-state index in [-0.39, 0.29) is 16.1 Å². The topological polar surface area (TPSA) is 103 Å². The van der Waals surface area contributed by atoms with Gasteiger partial charge in [-0.2, -0.15) is 9.78 Å². The largest absolute Gasteiger partial charge is 0.290 e. The fourth-order valence-corrected chi connectivity index (χ4v) is 4.25. The van der Waals surface area contributed by atoms with Gasteiger partial charge in [-0.15, -0.1) is 0 Å². The van der Waals surface area contributed by atoms with Gasteiger partial charge in [-0.3, -0.25) is 4.79 Å². The van der Waals surface area contributed by atoms with Crippen molar-refractivity contribution in [2.24, 2.45) is 0 Å². The van der Waals surface area contributed by atoms with E-state index in [9.17, 15) is 26.0 Å². The fourth-order valence-electron chi connectivity index (χ4n) is 2.65. The van der Waals surface area contributed by atoms with Crippen molar-refractivity contribution in [3.63, 3.8) is 0 Å². The minimum Gasteiger partial charge on any atom is -0.266 e. The van der Waals surface area contributed by atoms with Gasteiger partial charge in [-0.1, -0.05) is 12.1 Å². The average Bonchev–Trinajstić information content (AvgIpc) is 2.60. The molecule has 0 aliphatic carbocycles. The van der Waals surface area contributed by atoms with Gasteiger partial charge in [0, 0.05) is 18.1 Å². The van der Waals surface area contributed by atoms with E-state index in [0.717, 1.165) is 29.3 Å². The number of nitrogens with zero attached hydrogens (tertiary/aromatic N) is 2. The summed E-state index contributed by atoms with van der Waals surface area (Å²) in [6.07, 6.45) is 3.15. The van der Waals surface area contributed by atoms with Gasteiger partial charge in [0.2, 0.25) is 0 Å². The Morgan fingerprint density at radius 1 is 0.857 bits per heavy atom. The molecule has 0 unspecified atom stereocenters. The first-order chi connectivity index (χ1) is 13.0. The zero-order valence-corrected chi connectivity index (χ0v) is 16.5. The van der Waals surface area contributed by atoms with E-state index in [4.69, 9.17) is 0 Å². The van der Waals surface area contributed by atoms with Crippen LogP contribution in [-0.2, 0) is 19.7 Å². The molecule has 7 nitrogen and oxygen atoms in total. The molecule has 3 rings (SSSR count). The molecule has 10 heteroatoms. The lowest BCUT2D eigenvalue weighted by atomic mass is 10.1. The Morgan fingerprint density at radius 2 is 1.43 bits per heavy atom. The second-order valence-electron chi connectivity index (χ2n) is 6.15. The van der Waals surface area contributed by atoms with Gasteiger partial charge in [0.15, 0.2) is 19.7 Å². The van der Waals surface area contributed by atoms with Crippen LogP contribution in [-0.4, -0.2) is 39.1 Å². The molecule has 0 aliphatic rings. The predicted octanol–water partition coefficient (Wildman–Crippen LogP) is 1.85. The Bertz CT molecular complexity index is 1310. The monoisotopic (exact) mass is 422 g/mol. The molecule has 2 aromatic carbocycles. The van der Waals surface area contributed by atoms with E-state index in [2.05, 4.69) is 5.10 Å². The van der Waals surface area contributed by atoms with Gasteiger partial charge < -0.3 is 0 Å². The van der Waals surface area contributed by atoms with E-state index in [1.165, 1.54) is 42.6 Å². The van der Waals surface area contributed by atoms with Gasteiger partial charge in [-0.05, 0) is 42.0 Å². The lowest BCUT2D eigenvalue weighted by Crippen LogP contribution is -2.27. The normalized spacial score (nSPS) is 12.1. The van der Waals surface area contributed by atoms with Crippen LogP contribution in [0.5, 0.6) is 0 Å². The van der Waals surface area contributed by atoms with Crippen molar-refractivity contribution in [1.82, 2.24) is 9.78 Å². The van der Waals surface area contributed by atoms with Gasteiger partial charge in [-0.25, -0.2) is 21.2 Å². The molecule has 0 N–H and O–H groups in total. The second-order valence-corrected chi connectivity index (χ2v) is 10.1. The lowest BCUT2D eigenvalue weighted by molar-refractivity contribution is 0.597. The average molecular weight is 422 g/mol. The van der Waals surface area contributed by atoms with Crippen LogP contribution < -0.4 is 5.56 Å². The van der Waals surface area contributed by atoms with Crippen LogP contribution in [0.2, 0.25) is 0 Å². The van der Waals surface area contributed by atoms with Crippen LogP contribution in [0.25, 0.3) is 16.8 Å². The van der Waals surface area contributed by atoms with E-state index in [1.807, 2.05) is 0 Å². The van der Waals surface area contributed by atoms with E-state index < -0.39 is 35.9 Å². The molecule has 0 fully saturated rings. The number of benzene rings is 2. The van der Waals surface area contributed by atoms with E-state index >= 15 is 0 Å². The van der Waals surface area contributed by atoms with Crippen molar-refractivity contribution < 1.29 is 21.2 Å². The first-order valence-corrected chi connectivity index (χ1v) is 11.7. The van der Waals surface area contributed by atoms with Crippen molar-refractivity contribution in [2.45, 2.75) is 9.79 Å². The van der Waals surface area contributed by atoms with E-state index in [1.54, 1.807) is 0 Å². The van der Waals surface area contributed by atoms with Crippen LogP contribution in [0.3, 0.4) is 0 Å². The molecule has 0 amide bonds. The molecule has 0 saturated carbocycles. The minimum absolute atomic E-state index is 0.0471. The summed E-state index contributed by atoms with van der Waals surface area (Å²) in [4.78, 5) is 12.4. The minimum atomic E-state index is -3.96. The third-order valence-corrected chi connectivity index (χ3v) is 6.23. The number of hydrogen-bond acceptors (Lipinski definition) is 6. The van der Waals surface area contributed by atoms with Gasteiger partial charge in [0.1, 0.15) is 10.7 Å². The first-order valence-electron chi connectivity index (χ1n) is 7.87. The SMILES string of the molecule is CS(=O)(=O)c1ccc(-c2cnn(-c3ccc(F)cc3)c(=O)c2S(C)(=O)=O)cc1. The zero-order valence-electron chi connectivity index (χ0n) is 14.8. The van der Waals surface area contributed by atoms with Gasteiger partial charge in [0.05, 0.1) is 16.8 Å². The summed E-state index contributed by atoms with van der Waals surface area (Å²) >= 11 is 0.